The molecule has 2 aromatic carbocycles. The zero-order valence-corrected chi connectivity index (χ0v) is 18.1. The number of nitrogens with one attached hydrogen (secondary N) is 2. The Morgan fingerprint density at radius 2 is 1.93 bits per heavy atom. The first-order valence-corrected chi connectivity index (χ1v) is 10.5. The number of carbonyl (C=O) groups is 1. The molecule has 28 heavy (non-hydrogen) atoms. The molecule has 7 heteroatoms. The molecule has 5 nitrogen and oxygen atoms in total. The van der Waals surface area contributed by atoms with Crippen LogP contribution in [0, 0.1) is 0 Å². The molecule has 0 fully saturated rings. The van der Waals surface area contributed by atoms with E-state index in [9.17, 15) is 4.79 Å². The topological polar surface area (TPSA) is 70.6 Å². The molecular formula is C21H26BrClN2O3. The van der Waals surface area contributed by atoms with Crippen molar-refractivity contribution in [3.8, 4) is 5.75 Å². The van der Waals surface area contributed by atoms with Crippen molar-refractivity contribution < 1.29 is 14.6 Å². The molecule has 0 saturated heterocycles. The Morgan fingerprint density at radius 3 is 2.71 bits per heavy atom. The molecule has 3 N–H and O–H groups in total. The summed E-state index contributed by atoms with van der Waals surface area (Å²) in [4.78, 5) is 12.4. The van der Waals surface area contributed by atoms with Gasteiger partial charge in [0.05, 0.1) is 12.1 Å². The number of unbranched alkanes of at least 4 members (excludes halogenated alkanes) is 2. The minimum Gasteiger partial charge on any atom is -0.490 e. The van der Waals surface area contributed by atoms with Gasteiger partial charge in [0.25, 0.3) is 0 Å². The summed E-state index contributed by atoms with van der Waals surface area (Å²) in [6, 6.07) is 12.8. The summed E-state index contributed by atoms with van der Waals surface area (Å²) < 4.78 is 6.69. The molecule has 0 spiro atoms. The Kier molecular flexibility index (Phi) is 10.4. The van der Waals surface area contributed by atoms with Gasteiger partial charge in [-0.25, -0.2) is 0 Å². The van der Waals surface area contributed by atoms with Gasteiger partial charge in [-0.2, -0.15) is 0 Å². The largest absolute Gasteiger partial charge is 0.490 e. The lowest BCUT2D eigenvalue weighted by Crippen LogP contribution is -2.22. The maximum absolute atomic E-state index is 12.4. The Hall–Kier alpha value is -1.60. The Labute approximate surface area is 179 Å². The van der Waals surface area contributed by atoms with Crippen molar-refractivity contribution in [2.45, 2.75) is 25.7 Å². The van der Waals surface area contributed by atoms with Crippen LogP contribution in [0.25, 0.3) is 0 Å². The highest BCUT2D eigenvalue weighted by Crippen LogP contribution is 2.28. The van der Waals surface area contributed by atoms with Gasteiger partial charge < -0.3 is 20.5 Å². The van der Waals surface area contributed by atoms with Crippen molar-refractivity contribution in [3.63, 3.8) is 0 Å². The summed E-state index contributed by atoms with van der Waals surface area (Å²) in [7, 11) is 0. The number of halogens is 2. The first kappa shape index (κ1) is 22.7. The Morgan fingerprint density at radius 1 is 1.11 bits per heavy atom. The zero-order chi connectivity index (χ0) is 20.2. The first-order chi connectivity index (χ1) is 13.6. The monoisotopic (exact) mass is 468 g/mol. The van der Waals surface area contributed by atoms with Crippen molar-refractivity contribution in [1.29, 1.82) is 0 Å². The number of hydrogen-bond donors (Lipinski definition) is 3. The smallest absolute Gasteiger partial charge is 0.228 e. The van der Waals surface area contributed by atoms with Crippen LogP contribution >= 0.6 is 27.5 Å². The summed E-state index contributed by atoms with van der Waals surface area (Å²) in [6.07, 6.45) is 3.08. The van der Waals surface area contributed by atoms with Gasteiger partial charge in [-0.05, 0) is 55.6 Å². The summed E-state index contributed by atoms with van der Waals surface area (Å²) in [6.45, 7) is 2.35. The highest BCUT2D eigenvalue weighted by molar-refractivity contribution is 9.10. The molecule has 0 radical (unpaired) electrons. The first-order valence-electron chi connectivity index (χ1n) is 9.37. The van der Waals surface area contributed by atoms with Crippen LogP contribution in [0.3, 0.4) is 0 Å². The minimum absolute atomic E-state index is 0.155. The van der Waals surface area contributed by atoms with E-state index in [4.69, 9.17) is 21.4 Å². The van der Waals surface area contributed by atoms with Crippen LogP contribution in [-0.2, 0) is 11.2 Å². The Bertz CT molecular complexity index is 758. The zero-order valence-electron chi connectivity index (χ0n) is 15.7. The molecule has 2 rings (SSSR count). The van der Waals surface area contributed by atoms with Crippen LogP contribution in [0.4, 0.5) is 5.69 Å². The van der Waals surface area contributed by atoms with Crippen molar-refractivity contribution in [3.05, 3.63) is 57.5 Å². The van der Waals surface area contributed by atoms with Crippen molar-refractivity contribution >= 4 is 39.1 Å². The number of carbonyl (C=O) groups excluding carboxylic acids is 1. The number of benzene rings is 2. The molecular weight excluding hydrogens is 444 g/mol. The van der Waals surface area contributed by atoms with E-state index >= 15 is 0 Å². The quantitative estimate of drug-likeness (QED) is 0.403. The van der Waals surface area contributed by atoms with Crippen LogP contribution in [0.5, 0.6) is 5.75 Å². The van der Waals surface area contributed by atoms with Gasteiger partial charge in [0.15, 0.2) is 0 Å². The van der Waals surface area contributed by atoms with E-state index < -0.39 is 0 Å². The molecule has 0 aliphatic heterocycles. The summed E-state index contributed by atoms with van der Waals surface area (Å²) in [5, 5.41) is 15.5. The maximum Gasteiger partial charge on any atom is 0.228 e. The third-order valence-corrected chi connectivity index (χ3v) is 4.93. The van der Waals surface area contributed by atoms with Gasteiger partial charge in [0, 0.05) is 22.6 Å². The fourth-order valence-electron chi connectivity index (χ4n) is 2.63. The molecule has 152 valence electrons. The summed E-state index contributed by atoms with van der Waals surface area (Å²) in [5.41, 5.74) is 1.40. The van der Waals surface area contributed by atoms with Crippen molar-refractivity contribution in [1.82, 2.24) is 5.32 Å². The molecule has 0 atom stereocenters. The second kappa shape index (κ2) is 12.8. The number of amides is 1. The average molecular weight is 470 g/mol. The standard InChI is InChI=1S/C21H26BrClN2O3/c22-17-8-9-20(28-13-11-24-10-4-1-5-12-26)19(15-17)25-21(27)14-16-6-2-3-7-18(16)23/h2-3,6-9,15,24,26H,1,4-5,10-14H2,(H,25,27). The molecule has 0 aliphatic rings. The number of aliphatic hydroxyl groups is 1. The third-order valence-electron chi connectivity index (χ3n) is 4.07. The highest BCUT2D eigenvalue weighted by atomic mass is 79.9. The fraction of sp³-hybridized carbons (Fsp3) is 0.381. The van der Waals surface area contributed by atoms with Crippen LogP contribution in [0.1, 0.15) is 24.8 Å². The van der Waals surface area contributed by atoms with Crippen LogP contribution in [0.2, 0.25) is 5.02 Å². The van der Waals surface area contributed by atoms with E-state index in [0.29, 0.717) is 29.6 Å². The van der Waals surface area contributed by atoms with Crippen LogP contribution in [0.15, 0.2) is 46.9 Å². The van der Waals surface area contributed by atoms with Gasteiger partial charge in [-0.3, -0.25) is 4.79 Å². The van der Waals surface area contributed by atoms with E-state index in [1.807, 2.05) is 36.4 Å². The average Bonchev–Trinajstić information content (AvgIpc) is 2.67. The van der Waals surface area contributed by atoms with E-state index in [1.165, 1.54) is 0 Å². The van der Waals surface area contributed by atoms with Crippen molar-refractivity contribution in [2.24, 2.45) is 0 Å². The van der Waals surface area contributed by atoms with Gasteiger partial charge in [0.1, 0.15) is 12.4 Å². The third kappa shape index (κ3) is 8.19. The minimum atomic E-state index is -0.155. The molecule has 2 aromatic rings. The predicted octanol–water partition coefficient (Wildman–Crippen LogP) is 4.41. The number of aliphatic hydroxyl groups excluding tert-OH is 1. The molecule has 0 heterocycles. The van der Waals surface area contributed by atoms with Crippen LogP contribution < -0.4 is 15.4 Å². The maximum atomic E-state index is 12.4. The Balaban J connectivity index is 1.84. The second-order valence-electron chi connectivity index (χ2n) is 6.34. The predicted molar refractivity (Wildman–Crippen MR) is 117 cm³/mol. The number of rotatable bonds is 12. The molecule has 0 bridgehead atoms. The lowest BCUT2D eigenvalue weighted by atomic mass is 10.1. The number of hydrogen-bond acceptors (Lipinski definition) is 4. The lowest BCUT2D eigenvalue weighted by molar-refractivity contribution is -0.115. The van der Waals surface area contributed by atoms with Gasteiger partial charge in [-0.1, -0.05) is 45.7 Å². The second-order valence-corrected chi connectivity index (χ2v) is 7.66. The molecule has 0 unspecified atom stereocenters. The van der Waals surface area contributed by atoms with Gasteiger partial charge >= 0.3 is 0 Å². The summed E-state index contributed by atoms with van der Waals surface area (Å²) in [5.74, 6) is 0.468. The lowest BCUT2D eigenvalue weighted by Gasteiger charge is -2.14. The van der Waals surface area contributed by atoms with Gasteiger partial charge in [-0.15, -0.1) is 0 Å². The van der Waals surface area contributed by atoms with Crippen LogP contribution in [-0.4, -0.2) is 37.3 Å². The van der Waals surface area contributed by atoms with Gasteiger partial charge in [0.2, 0.25) is 5.91 Å². The normalized spacial score (nSPS) is 10.7. The molecule has 0 aromatic heterocycles. The number of ether oxygens (including phenoxy) is 1. The SMILES string of the molecule is O=C(Cc1ccccc1Cl)Nc1cc(Br)ccc1OCCNCCCCCO. The van der Waals surface area contributed by atoms with E-state index in [-0.39, 0.29) is 18.9 Å². The molecule has 0 aliphatic carbocycles. The van der Waals surface area contributed by atoms with E-state index in [0.717, 1.165) is 35.8 Å². The van der Waals surface area contributed by atoms with E-state index in [1.54, 1.807) is 6.07 Å². The summed E-state index contributed by atoms with van der Waals surface area (Å²) >= 11 is 9.56. The molecule has 1 amide bonds. The highest BCUT2D eigenvalue weighted by Gasteiger charge is 2.11. The van der Waals surface area contributed by atoms with E-state index in [2.05, 4.69) is 26.6 Å². The fourth-order valence-corrected chi connectivity index (χ4v) is 3.20. The molecule has 0 saturated carbocycles. The number of anilines is 1. The van der Waals surface area contributed by atoms with Crippen molar-refractivity contribution in [2.75, 3.05) is 31.6 Å².